The lowest BCUT2D eigenvalue weighted by molar-refractivity contribution is -0.155. The van der Waals surface area contributed by atoms with Crippen molar-refractivity contribution in [3.63, 3.8) is 0 Å². The monoisotopic (exact) mass is 402 g/mol. The predicted molar refractivity (Wildman–Crippen MR) is 99.5 cm³/mol. The van der Waals surface area contributed by atoms with E-state index in [2.05, 4.69) is 5.32 Å². The Hall–Kier alpha value is -3.36. The first-order valence-electron chi connectivity index (χ1n) is 9.15. The highest BCUT2D eigenvalue weighted by atomic mass is 16.6. The number of alkyl carbamates (subject to hydrolysis) is 1. The van der Waals surface area contributed by atoms with Gasteiger partial charge in [-0.05, 0) is 39.3 Å². The van der Waals surface area contributed by atoms with E-state index in [1.54, 1.807) is 39.0 Å². The second kappa shape index (κ2) is 7.57. The lowest BCUT2D eigenvalue weighted by atomic mass is 9.86. The Morgan fingerprint density at radius 1 is 1.14 bits per heavy atom. The van der Waals surface area contributed by atoms with E-state index in [9.17, 15) is 24.3 Å². The molecule has 3 rings (SSSR count). The van der Waals surface area contributed by atoms with Crippen LogP contribution in [-0.2, 0) is 19.1 Å². The first-order chi connectivity index (χ1) is 13.6. The second-order valence-electron chi connectivity index (χ2n) is 7.78. The van der Waals surface area contributed by atoms with E-state index in [4.69, 9.17) is 9.47 Å². The first-order valence-corrected chi connectivity index (χ1v) is 9.15. The molecule has 0 radical (unpaired) electrons. The number of amides is 2. The first kappa shape index (κ1) is 20.4. The highest BCUT2D eigenvalue weighted by Crippen LogP contribution is 2.36. The van der Waals surface area contributed by atoms with Crippen molar-refractivity contribution >= 4 is 23.9 Å². The number of β-lactam (4-membered cyclic amide) rings is 1. The zero-order chi connectivity index (χ0) is 21.3. The van der Waals surface area contributed by atoms with Crippen LogP contribution in [0.25, 0.3) is 0 Å². The highest BCUT2D eigenvalue weighted by molar-refractivity contribution is 6.06. The van der Waals surface area contributed by atoms with Crippen LogP contribution in [0.3, 0.4) is 0 Å². The van der Waals surface area contributed by atoms with Crippen molar-refractivity contribution in [1.29, 1.82) is 0 Å². The SMILES string of the molecule is CC(C)(C)OC(=O)N[C@@H]1C(=O)N2C(C(=O)OC(=O)c3ccccc3)=C(O)CC[C@H]12. The molecule has 1 saturated heterocycles. The fourth-order valence-corrected chi connectivity index (χ4v) is 3.23. The summed E-state index contributed by atoms with van der Waals surface area (Å²) in [5.74, 6) is -2.94. The van der Waals surface area contributed by atoms with Crippen molar-refractivity contribution in [1.82, 2.24) is 10.2 Å². The maximum absolute atomic E-state index is 12.5. The lowest BCUT2D eigenvalue weighted by Crippen LogP contribution is -2.71. The Bertz CT molecular complexity index is 886. The smallest absolute Gasteiger partial charge is 0.408 e. The van der Waals surface area contributed by atoms with Crippen LogP contribution in [-0.4, -0.2) is 51.6 Å². The van der Waals surface area contributed by atoms with Gasteiger partial charge >= 0.3 is 18.0 Å². The molecule has 2 N–H and O–H groups in total. The van der Waals surface area contributed by atoms with Crippen LogP contribution in [0.4, 0.5) is 4.79 Å². The van der Waals surface area contributed by atoms with Gasteiger partial charge in [-0.25, -0.2) is 14.4 Å². The van der Waals surface area contributed by atoms with Gasteiger partial charge in [-0.3, -0.25) is 9.69 Å². The molecule has 2 atom stereocenters. The molecule has 2 aliphatic rings. The number of nitrogens with one attached hydrogen (secondary N) is 1. The van der Waals surface area contributed by atoms with Gasteiger partial charge in [0.1, 0.15) is 17.4 Å². The van der Waals surface area contributed by atoms with E-state index in [-0.39, 0.29) is 23.4 Å². The molecule has 0 unspecified atom stereocenters. The number of aliphatic hydroxyl groups excluding tert-OH is 1. The van der Waals surface area contributed by atoms with Crippen LogP contribution in [0.1, 0.15) is 44.0 Å². The molecule has 1 aromatic rings. The summed E-state index contributed by atoms with van der Waals surface area (Å²) >= 11 is 0. The number of nitrogens with zero attached hydrogens (tertiary/aromatic N) is 1. The minimum Gasteiger partial charge on any atom is -0.510 e. The Labute approximate surface area is 167 Å². The van der Waals surface area contributed by atoms with E-state index in [0.29, 0.717) is 6.42 Å². The van der Waals surface area contributed by atoms with Crippen LogP contribution in [0, 0.1) is 0 Å². The quantitative estimate of drug-likeness (QED) is 0.451. The summed E-state index contributed by atoms with van der Waals surface area (Å²) in [7, 11) is 0. The Morgan fingerprint density at radius 3 is 2.41 bits per heavy atom. The van der Waals surface area contributed by atoms with Crippen LogP contribution in [0.2, 0.25) is 0 Å². The van der Waals surface area contributed by atoms with E-state index < -0.39 is 41.6 Å². The van der Waals surface area contributed by atoms with Gasteiger partial charge in [-0.1, -0.05) is 18.2 Å². The van der Waals surface area contributed by atoms with Crippen molar-refractivity contribution in [3.8, 4) is 0 Å². The van der Waals surface area contributed by atoms with Gasteiger partial charge in [-0.2, -0.15) is 0 Å². The Kier molecular flexibility index (Phi) is 5.32. The van der Waals surface area contributed by atoms with Gasteiger partial charge in [-0.15, -0.1) is 0 Å². The molecule has 154 valence electrons. The van der Waals surface area contributed by atoms with E-state index in [1.807, 2.05) is 0 Å². The maximum Gasteiger partial charge on any atom is 0.408 e. The van der Waals surface area contributed by atoms with Crippen molar-refractivity contribution in [2.75, 3.05) is 0 Å². The number of ether oxygens (including phenoxy) is 2. The largest absolute Gasteiger partial charge is 0.510 e. The van der Waals surface area contributed by atoms with Crippen LogP contribution in [0.5, 0.6) is 0 Å². The Morgan fingerprint density at radius 2 is 1.79 bits per heavy atom. The van der Waals surface area contributed by atoms with Gasteiger partial charge in [0.2, 0.25) is 0 Å². The fourth-order valence-electron chi connectivity index (χ4n) is 3.23. The summed E-state index contributed by atoms with van der Waals surface area (Å²) in [5, 5.41) is 12.6. The third-order valence-electron chi connectivity index (χ3n) is 4.47. The van der Waals surface area contributed by atoms with Crippen molar-refractivity contribution < 1.29 is 33.8 Å². The zero-order valence-corrected chi connectivity index (χ0v) is 16.3. The summed E-state index contributed by atoms with van der Waals surface area (Å²) < 4.78 is 9.98. The number of esters is 2. The molecular formula is C20H22N2O7. The number of hydrogen-bond donors (Lipinski definition) is 2. The van der Waals surface area contributed by atoms with Crippen molar-refractivity contribution in [2.24, 2.45) is 0 Å². The number of aliphatic hydroxyl groups is 1. The number of hydrogen-bond acceptors (Lipinski definition) is 7. The van der Waals surface area contributed by atoms with Crippen LogP contribution < -0.4 is 5.32 Å². The summed E-state index contributed by atoms with van der Waals surface area (Å²) in [5.41, 5.74) is -0.945. The highest BCUT2D eigenvalue weighted by Gasteiger charge is 2.54. The molecule has 9 nitrogen and oxygen atoms in total. The minimum absolute atomic E-state index is 0.102. The standard InChI is InChI=1S/C20H22N2O7/c1-20(2,3)29-19(27)21-14-12-9-10-13(23)15(22(12)16(14)24)18(26)28-17(25)11-7-5-4-6-8-11/h4-8,12,14,23H,9-10H2,1-3H3,(H,21,27)/t12-,14+/m1/s1. The molecule has 0 aromatic heterocycles. The molecule has 0 spiro atoms. The van der Waals surface area contributed by atoms with Gasteiger partial charge < -0.3 is 19.9 Å². The molecule has 29 heavy (non-hydrogen) atoms. The molecule has 1 fully saturated rings. The Balaban J connectivity index is 1.70. The van der Waals surface area contributed by atoms with Gasteiger partial charge in [0, 0.05) is 6.42 Å². The third kappa shape index (κ3) is 4.23. The number of rotatable bonds is 3. The summed E-state index contributed by atoms with van der Waals surface area (Å²) in [6.07, 6.45) is -0.315. The molecule has 2 aliphatic heterocycles. The molecule has 9 heteroatoms. The molecule has 0 aliphatic carbocycles. The van der Waals surface area contributed by atoms with Crippen molar-refractivity contribution in [3.05, 3.63) is 47.4 Å². The number of fused-ring (bicyclic) bond motifs is 1. The van der Waals surface area contributed by atoms with Gasteiger partial charge in [0.25, 0.3) is 5.91 Å². The number of allylic oxidation sites excluding steroid dienone is 1. The summed E-state index contributed by atoms with van der Waals surface area (Å²) in [6, 6.07) is 6.45. The van der Waals surface area contributed by atoms with Crippen molar-refractivity contribution in [2.45, 2.75) is 51.3 Å². The lowest BCUT2D eigenvalue weighted by Gasteiger charge is -2.49. The minimum atomic E-state index is -1.12. The van der Waals surface area contributed by atoms with Crippen LogP contribution in [0.15, 0.2) is 41.8 Å². The van der Waals surface area contributed by atoms with E-state index in [1.165, 1.54) is 12.1 Å². The number of carbonyl (C=O) groups excluding carboxylic acids is 4. The normalized spacial score (nSPS) is 21.1. The third-order valence-corrected chi connectivity index (χ3v) is 4.47. The number of carbonyl (C=O) groups is 4. The predicted octanol–water partition coefficient (Wildman–Crippen LogP) is 2.04. The van der Waals surface area contributed by atoms with Crippen LogP contribution >= 0.6 is 0 Å². The van der Waals surface area contributed by atoms with E-state index in [0.717, 1.165) is 4.90 Å². The maximum atomic E-state index is 12.5. The molecule has 2 heterocycles. The molecule has 1 aromatic carbocycles. The fraction of sp³-hybridized carbons (Fsp3) is 0.400. The average Bonchev–Trinajstić information content (AvgIpc) is 2.65. The summed E-state index contributed by atoms with van der Waals surface area (Å²) in [4.78, 5) is 50.1. The van der Waals surface area contributed by atoms with Gasteiger partial charge in [0.05, 0.1) is 11.6 Å². The zero-order valence-electron chi connectivity index (χ0n) is 16.3. The summed E-state index contributed by atoms with van der Waals surface area (Å²) in [6.45, 7) is 5.09. The molecular weight excluding hydrogens is 380 g/mol. The molecule has 2 amide bonds. The van der Waals surface area contributed by atoms with E-state index >= 15 is 0 Å². The second-order valence-corrected chi connectivity index (χ2v) is 7.78. The van der Waals surface area contributed by atoms with Gasteiger partial charge in [0.15, 0.2) is 5.70 Å². The molecule has 0 saturated carbocycles. The average molecular weight is 402 g/mol. The molecule has 0 bridgehead atoms. The number of benzene rings is 1. The topological polar surface area (TPSA) is 122 Å².